The summed E-state index contributed by atoms with van der Waals surface area (Å²) >= 11 is 6.33. The van der Waals surface area contributed by atoms with E-state index in [-0.39, 0.29) is 33.7 Å². The maximum absolute atomic E-state index is 14.0. The van der Waals surface area contributed by atoms with Crippen molar-refractivity contribution in [2.45, 2.75) is 56.5 Å². The number of rotatable bonds is 8. The lowest BCUT2D eigenvalue weighted by Crippen LogP contribution is -2.17. The van der Waals surface area contributed by atoms with E-state index in [1.807, 2.05) is 0 Å². The highest BCUT2D eigenvalue weighted by Gasteiger charge is 2.35. The molecule has 0 spiro atoms. The van der Waals surface area contributed by atoms with Crippen LogP contribution in [0.1, 0.15) is 51.0 Å². The average Bonchev–Trinajstić information content (AvgIpc) is 3.26. The second kappa shape index (κ2) is 11.2. The summed E-state index contributed by atoms with van der Waals surface area (Å²) in [5.74, 6) is 1.80. The van der Waals surface area contributed by atoms with Crippen molar-refractivity contribution in [2.75, 3.05) is 16.8 Å². The molecule has 0 bridgehead atoms. The van der Waals surface area contributed by atoms with Crippen molar-refractivity contribution in [2.24, 2.45) is 11.8 Å². The van der Waals surface area contributed by atoms with E-state index in [4.69, 9.17) is 17.3 Å². The Balaban J connectivity index is 1.51. The molecule has 0 aliphatic heterocycles. The minimum absolute atomic E-state index is 0.0223. The Kier molecular flexibility index (Phi) is 8.24. The first-order valence-corrected chi connectivity index (χ1v) is 13.7. The molecule has 1 heterocycles. The molecule has 6 nitrogen and oxygen atoms in total. The lowest BCUT2D eigenvalue weighted by Gasteiger charge is -2.27. The van der Waals surface area contributed by atoms with Gasteiger partial charge in [0.1, 0.15) is 0 Å². The number of hydrogen-bond acceptors (Lipinski definition) is 5. The minimum Gasteiger partial charge on any atom is -0.368 e. The van der Waals surface area contributed by atoms with Crippen molar-refractivity contribution in [1.82, 2.24) is 15.2 Å². The quantitative estimate of drug-likeness (QED) is 0.281. The fourth-order valence-electron chi connectivity index (χ4n) is 4.78. The number of halogens is 4. The number of anilines is 3. The highest BCUT2D eigenvalue weighted by Crippen LogP contribution is 2.43. The number of hydrogen-bond donors (Lipinski definition) is 3. The van der Waals surface area contributed by atoms with Crippen LogP contribution in [0.5, 0.6) is 0 Å². The van der Waals surface area contributed by atoms with E-state index in [9.17, 15) is 17.4 Å². The molecule has 2 atom stereocenters. The van der Waals surface area contributed by atoms with Gasteiger partial charge in [-0.1, -0.05) is 62.8 Å². The van der Waals surface area contributed by atoms with Crippen LogP contribution < -0.4 is 11.1 Å². The van der Waals surface area contributed by atoms with Crippen LogP contribution in [0.25, 0.3) is 11.1 Å². The van der Waals surface area contributed by atoms with E-state index < -0.39 is 22.5 Å². The van der Waals surface area contributed by atoms with Gasteiger partial charge in [0.05, 0.1) is 21.4 Å². The number of H-pyrrole nitrogens is 1. The van der Waals surface area contributed by atoms with E-state index in [2.05, 4.69) is 27.4 Å². The van der Waals surface area contributed by atoms with Gasteiger partial charge in [-0.05, 0) is 48.1 Å². The third-order valence-corrected chi connectivity index (χ3v) is 8.48. The number of aromatic nitrogens is 3. The van der Waals surface area contributed by atoms with Crippen molar-refractivity contribution >= 4 is 40.0 Å². The van der Waals surface area contributed by atoms with Crippen LogP contribution in [0.4, 0.5) is 30.8 Å². The van der Waals surface area contributed by atoms with Gasteiger partial charge in [0.25, 0.3) is 0 Å². The number of alkyl halides is 3. The summed E-state index contributed by atoms with van der Waals surface area (Å²) in [6.45, 7) is 2.23. The largest absolute Gasteiger partial charge is 0.417 e. The fourth-order valence-corrected chi connectivity index (χ4v) is 6.37. The van der Waals surface area contributed by atoms with Crippen molar-refractivity contribution in [3.63, 3.8) is 0 Å². The molecule has 194 valence electrons. The van der Waals surface area contributed by atoms with Gasteiger partial charge in [-0.15, -0.1) is 5.10 Å². The molecule has 1 saturated carbocycles. The van der Waals surface area contributed by atoms with Crippen LogP contribution in [-0.2, 0) is 17.0 Å². The van der Waals surface area contributed by atoms with Gasteiger partial charge in [-0.25, -0.2) is 5.10 Å². The number of aromatic amines is 1. The normalized spacial score (nSPS) is 16.6. The molecule has 4 rings (SSSR count). The van der Waals surface area contributed by atoms with Crippen LogP contribution in [0, 0.1) is 11.8 Å². The molecule has 1 aliphatic rings. The molecule has 1 aliphatic carbocycles. The predicted molar refractivity (Wildman–Crippen MR) is 138 cm³/mol. The van der Waals surface area contributed by atoms with Crippen molar-refractivity contribution in [1.29, 1.82) is 0 Å². The van der Waals surface area contributed by atoms with Crippen molar-refractivity contribution < 1.29 is 17.4 Å². The molecule has 1 aromatic heterocycles. The molecular formula is C25H29ClF3N5OS. The predicted octanol–water partition coefficient (Wildman–Crippen LogP) is 7.18. The lowest BCUT2D eigenvalue weighted by molar-refractivity contribution is -0.137. The topological polar surface area (TPSA) is 96.7 Å². The highest BCUT2D eigenvalue weighted by atomic mass is 35.5. The lowest BCUT2D eigenvalue weighted by atomic mass is 9.80. The smallest absolute Gasteiger partial charge is 0.368 e. The van der Waals surface area contributed by atoms with E-state index in [0.717, 1.165) is 12.5 Å². The van der Waals surface area contributed by atoms with Gasteiger partial charge >= 0.3 is 6.18 Å². The second-order valence-corrected chi connectivity index (χ2v) is 11.3. The molecule has 11 heteroatoms. The number of nitrogen functional groups attached to an aromatic ring is 1. The standard InChI is InChI=1S/C25H29ClF3N5OS/c1-15(16-5-3-2-4-6-16)11-12-36(35)19-9-7-17(8-10-19)22-20(25(27,28)29)13-18(14-21(22)26)31-24-32-23(30)33-34-24/h7-10,13-16H,2-6,11-12H2,1H3,(H4,30,31,32,33,34). The Hall–Kier alpha value is -2.59. The van der Waals surface area contributed by atoms with E-state index in [0.29, 0.717) is 22.5 Å². The van der Waals surface area contributed by atoms with Crippen LogP contribution in [0.15, 0.2) is 41.3 Å². The monoisotopic (exact) mass is 539 g/mol. The van der Waals surface area contributed by atoms with Gasteiger partial charge in [-0.2, -0.15) is 18.2 Å². The van der Waals surface area contributed by atoms with Crippen LogP contribution in [0.3, 0.4) is 0 Å². The molecule has 3 aromatic rings. The Morgan fingerprint density at radius 3 is 2.50 bits per heavy atom. The summed E-state index contributed by atoms with van der Waals surface area (Å²) in [6.07, 6.45) is 2.54. The molecule has 0 radical (unpaired) electrons. The van der Waals surface area contributed by atoms with Gasteiger partial charge in [-0.3, -0.25) is 4.21 Å². The second-order valence-electron chi connectivity index (χ2n) is 9.29. The fraction of sp³-hybridized carbons (Fsp3) is 0.440. The van der Waals surface area contributed by atoms with E-state index >= 15 is 0 Å². The van der Waals surface area contributed by atoms with E-state index in [1.165, 1.54) is 50.3 Å². The number of nitrogens with zero attached hydrogens (tertiary/aromatic N) is 2. The average molecular weight is 540 g/mol. The third kappa shape index (κ3) is 6.39. The first kappa shape index (κ1) is 26.5. The summed E-state index contributed by atoms with van der Waals surface area (Å²) in [7, 11) is -1.22. The molecular weight excluding hydrogens is 511 g/mol. The summed E-state index contributed by atoms with van der Waals surface area (Å²) < 4.78 is 54.8. The first-order chi connectivity index (χ1) is 17.1. The number of nitrogens with two attached hydrogens (primary N) is 1. The Morgan fingerprint density at radius 2 is 1.89 bits per heavy atom. The molecule has 4 N–H and O–H groups in total. The van der Waals surface area contributed by atoms with Gasteiger partial charge in [0.15, 0.2) is 0 Å². The maximum atomic E-state index is 14.0. The van der Waals surface area contributed by atoms with Gasteiger partial charge < -0.3 is 11.1 Å². The SMILES string of the molecule is CC(CCS(=O)c1ccc(-c2c(Cl)cc(Nc3n[nH]c(N)n3)cc2C(F)(F)F)cc1)C1CCCCC1. The summed E-state index contributed by atoms with van der Waals surface area (Å²) in [5.41, 5.74) is 4.77. The molecule has 36 heavy (non-hydrogen) atoms. The van der Waals surface area contributed by atoms with Crippen molar-refractivity contribution in [3.05, 3.63) is 47.0 Å². The van der Waals surface area contributed by atoms with Gasteiger partial charge in [0, 0.05) is 21.9 Å². The Labute approximate surface area is 215 Å². The zero-order chi connectivity index (χ0) is 25.9. The minimum atomic E-state index is -4.66. The summed E-state index contributed by atoms with van der Waals surface area (Å²) in [6, 6.07) is 8.64. The summed E-state index contributed by atoms with van der Waals surface area (Å²) in [4.78, 5) is 4.43. The van der Waals surface area contributed by atoms with Gasteiger partial charge in [0.2, 0.25) is 11.9 Å². The molecule has 0 saturated heterocycles. The summed E-state index contributed by atoms with van der Waals surface area (Å²) in [5, 5.41) is 8.75. The van der Waals surface area contributed by atoms with Crippen LogP contribution in [-0.4, -0.2) is 25.1 Å². The van der Waals surface area contributed by atoms with Crippen LogP contribution in [0.2, 0.25) is 5.02 Å². The number of nitrogens with one attached hydrogen (secondary N) is 2. The maximum Gasteiger partial charge on any atom is 0.417 e. The van der Waals surface area contributed by atoms with E-state index in [1.54, 1.807) is 12.1 Å². The van der Waals surface area contributed by atoms with Crippen LogP contribution >= 0.6 is 11.6 Å². The molecule has 0 amide bonds. The third-order valence-electron chi connectivity index (χ3n) is 6.77. The molecule has 1 fully saturated rings. The number of benzene rings is 2. The Bertz CT molecular complexity index is 1210. The zero-order valence-electron chi connectivity index (χ0n) is 19.9. The molecule has 2 aromatic carbocycles. The zero-order valence-corrected chi connectivity index (χ0v) is 21.4. The van der Waals surface area contributed by atoms with Crippen molar-refractivity contribution in [3.8, 4) is 11.1 Å². The first-order valence-electron chi connectivity index (χ1n) is 12.0. The highest BCUT2D eigenvalue weighted by molar-refractivity contribution is 7.85. The molecule has 2 unspecified atom stereocenters. The Morgan fingerprint density at radius 1 is 1.19 bits per heavy atom.